The van der Waals surface area contributed by atoms with E-state index in [1.165, 1.54) is 24.1 Å². The fourth-order valence-corrected chi connectivity index (χ4v) is 1.68. The van der Waals surface area contributed by atoms with Crippen LogP contribution in [0.2, 0.25) is 0 Å². The van der Waals surface area contributed by atoms with Crippen LogP contribution in [-0.4, -0.2) is 36.5 Å². The van der Waals surface area contributed by atoms with Gasteiger partial charge in [0.1, 0.15) is 0 Å². The van der Waals surface area contributed by atoms with Gasteiger partial charge in [-0.3, -0.25) is 4.79 Å². The minimum absolute atomic E-state index is 0.0907. The van der Waals surface area contributed by atoms with Crippen LogP contribution in [0.15, 0.2) is 18.2 Å². The van der Waals surface area contributed by atoms with Gasteiger partial charge < -0.3 is 15.4 Å². The van der Waals surface area contributed by atoms with Crippen molar-refractivity contribution in [2.45, 2.75) is 6.92 Å². The molecule has 0 aliphatic heterocycles. The summed E-state index contributed by atoms with van der Waals surface area (Å²) in [4.78, 5) is 13.9. The van der Waals surface area contributed by atoms with Gasteiger partial charge in [0, 0.05) is 25.1 Å². The fourth-order valence-electron chi connectivity index (χ4n) is 1.60. The molecule has 0 saturated heterocycles. The third-order valence-electron chi connectivity index (χ3n) is 2.78. The van der Waals surface area contributed by atoms with E-state index in [2.05, 4.69) is 0 Å². The van der Waals surface area contributed by atoms with Gasteiger partial charge in [0.15, 0.2) is 11.6 Å². The number of carbonyl (C=O) groups is 1. The molecule has 1 atom stereocenters. The lowest BCUT2D eigenvalue weighted by Gasteiger charge is -2.21. The Labute approximate surface area is 117 Å². The molecular weight excluding hydrogens is 267 g/mol. The van der Waals surface area contributed by atoms with Gasteiger partial charge in [-0.1, -0.05) is 19.1 Å². The molecule has 6 heteroatoms. The van der Waals surface area contributed by atoms with E-state index < -0.39 is 5.82 Å². The van der Waals surface area contributed by atoms with Gasteiger partial charge in [-0.05, 0) is 18.2 Å². The van der Waals surface area contributed by atoms with Crippen LogP contribution in [0.1, 0.15) is 17.3 Å². The van der Waals surface area contributed by atoms with Gasteiger partial charge in [-0.15, -0.1) is 0 Å². The summed E-state index contributed by atoms with van der Waals surface area (Å²) in [7, 11) is 3.00. The molecule has 104 valence electrons. The first-order valence-electron chi connectivity index (χ1n) is 5.75. The first-order valence-corrected chi connectivity index (χ1v) is 6.16. The van der Waals surface area contributed by atoms with E-state index in [1.54, 1.807) is 7.05 Å². The molecule has 0 saturated carbocycles. The Hall–Kier alpha value is -1.69. The van der Waals surface area contributed by atoms with Gasteiger partial charge in [0.05, 0.1) is 12.1 Å². The average molecular weight is 284 g/mol. The standard InChI is InChI=1S/C13H17FN2O2S/c1-8(12(15)19)7-16(2)13(17)9-4-5-11(18-3)10(14)6-9/h4-6,8H,7H2,1-3H3,(H2,15,19). The number of hydrogen-bond donors (Lipinski definition) is 1. The van der Waals surface area contributed by atoms with Crippen LogP contribution in [0.3, 0.4) is 0 Å². The van der Waals surface area contributed by atoms with Gasteiger partial charge in [0.25, 0.3) is 5.91 Å². The molecule has 0 bridgehead atoms. The van der Waals surface area contributed by atoms with Crippen molar-refractivity contribution < 1.29 is 13.9 Å². The van der Waals surface area contributed by atoms with Gasteiger partial charge in [-0.25, -0.2) is 4.39 Å². The predicted molar refractivity (Wildman–Crippen MR) is 75.9 cm³/mol. The van der Waals surface area contributed by atoms with Crippen molar-refractivity contribution in [3.63, 3.8) is 0 Å². The molecule has 19 heavy (non-hydrogen) atoms. The molecule has 0 spiro atoms. The molecule has 1 aromatic carbocycles. The van der Waals surface area contributed by atoms with E-state index in [0.29, 0.717) is 11.5 Å². The summed E-state index contributed by atoms with van der Waals surface area (Å²) >= 11 is 4.86. The number of nitrogens with zero attached hydrogens (tertiary/aromatic N) is 1. The minimum Gasteiger partial charge on any atom is -0.494 e. The molecule has 0 aromatic heterocycles. The Morgan fingerprint density at radius 1 is 1.58 bits per heavy atom. The van der Waals surface area contributed by atoms with Crippen molar-refractivity contribution in [1.82, 2.24) is 4.90 Å². The van der Waals surface area contributed by atoms with Crippen molar-refractivity contribution in [2.24, 2.45) is 11.7 Å². The SMILES string of the molecule is COc1ccc(C(=O)N(C)CC(C)C(N)=S)cc1F. The summed E-state index contributed by atoms with van der Waals surface area (Å²) in [6.07, 6.45) is 0. The zero-order chi connectivity index (χ0) is 14.6. The van der Waals surface area contributed by atoms with Crippen LogP contribution >= 0.6 is 12.2 Å². The Morgan fingerprint density at radius 3 is 2.68 bits per heavy atom. The third kappa shape index (κ3) is 3.89. The van der Waals surface area contributed by atoms with E-state index in [-0.39, 0.29) is 23.1 Å². The molecule has 0 radical (unpaired) electrons. The maximum absolute atomic E-state index is 13.5. The number of amides is 1. The molecule has 0 aliphatic carbocycles. The first-order chi connectivity index (χ1) is 8.86. The van der Waals surface area contributed by atoms with Gasteiger partial charge >= 0.3 is 0 Å². The Balaban J connectivity index is 2.82. The van der Waals surface area contributed by atoms with Gasteiger partial charge in [0.2, 0.25) is 0 Å². The number of nitrogens with two attached hydrogens (primary N) is 1. The number of rotatable bonds is 5. The highest BCUT2D eigenvalue weighted by molar-refractivity contribution is 7.80. The van der Waals surface area contributed by atoms with Crippen LogP contribution in [0.5, 0.6) is 5.75 Å². The summed E-state index contributed by atoms with van der Waals surface area (Å²) in [6, 6.07) is 4.10. The lowest BCUT2D eigenvalue weighted by Crippen LogP contribution is -2.35. The fraction of sp³-hybridized carbons (Fsp3) is 0.385. The van der Waals surface area contributed by atoms with E-state index in [9.17, 15) is 9.18 Å². The largest absolute Gasteiger partial charge is 0.494 e. The molecule has 0 aliphatic rings. The summed E-state index contributed by atoms with van der Waals surface area (Å²) in [6.45, 7) is 2.22. The maximum Gasteiger partial charge on any atom is 0.253 e. The van der Waals surface area contributed by atoms with E-state index in [0.717, 1.165) is 6.07 Å². The number of carbonyl (C=O) groups excluding carboxylic acids is 1. The van der Waals surface area contributed by atoms with Crippen LogP contribution in [-0.2, 0) is 0 Å². The summed E-state index contributed by atoms with van der Waals surface area (Å²) in [5.74, 6) is -0.837. The second-order valence-electron chi connectivity index (χ2n) is 4.34. The van der Waals surface area contributed by atoms with E-state index in [4.69, 9.17) is 22.7 Å². The molecule has 4 nitrogen and oxygen atoms in total. The number of hydrogen-bond acceptors (Lipinski definition) is 3. The molecule has 0 fully saturated rings. The van der Waals surface area contributed by atoms with Crippen molar-refractivity contribution in [1.29, 1.82) is 0 Å². The average Bonchev–Trinajstić information content (AvgIpc) is 2.37. The van der Waals surface area contributed by atoms with Crippen LogP contribution in [0.4, 0.5) is 4.39 Å². The molecular formula is C13H17FN2O2S. The number of thiocarbonyl (C=S) groups is 1. The van der Waals surface area contributed by atoms with Crippen LogP contribution in [0, 0.1) is 11.7 Å². The number of ether oxygens (including phenoxy) is 1. The van der Waals surface area contributed by atoms with Crippen LogP contribution < -0.4 is 10.5 Å². The lowest BCUT2D eigenvalue weighted by atomic mass is 10.1. The zero-order valence-electron chi connectivity index (χ0n) is 11.1. The highest BCUT2D eigenvalue weighted by atomic mass is 32.1. The third-order valence-corrected chi connectivity index (χ3v) is 3.18. The Bertz CT molecular complexity index is 494. The monoisotopic (exact) mass is 284 g/mol. The molecule has 1 aromatic rings. The van der Waals surface area contributed by atoms with Crippen molar-refractivity contribution in [3.05, 3.63) is 29.6 Å². The van der Waals surface area contributed by atoms with Crippen molar-refractivity contribution in [3.8, 4) is 5.75 Å². The quantitative estimate of drug-likeness (QED) is 0.838. The van der Waals surface area contributed by atoms with E-state index in [1.807, 2.05) is 6.92 Å². The summed E-state index contributed by atoms with van der Waals surface area (Å²) < 4.78 is 18.3. The number of benzene rings is 1. The zero-order valence-corrected chi connectivity index (χ0v) is 12.0. The summed E-state index contributed by atoms with van der Waals surface area (Å²) in [5.41, 5.74) is 5.76. The second-order valence-corrected chi connectivity index (χ2v) is 4.81. The maximum atomic E-state index is 13.5. The number of methoxy groups -OCH3 is 1. The molecule has 1 amide bonds. The first kappa shape index (κ1) is 15.4. The molecule has 1 rings (SSSR count). The lowest BCUT2D eigenvalue weighted by molar-refractivity contribution is 0.0786. The molecule has 0 heterocycles. The highest BCUT2D eigenvalue weighted by Crippen LogP contribution is 2.18. The highest BCUT2D eigenvalue weighted by Gasteiger charge is 2.17. The Kier molecular flexibility index (Phi) is 5.23. The normalized spacial score (nSPS) is 11.8. The molecule has 2 N–H and O–H groups in total. The smallest absolute Gasteiger partial charge is 0.253 e. The number of halogens is 1. The van der Waals surface area contributed by atoms with Crippen LogP contribution in [0.25, 0.3) is 0 Å². The minimum atomic E-state index is -0.566. The summed E-state index contributed by atoms with van der Waals surface area (Å²) in [5, 5.41) is 0. The van der Waals surface area contributed by atoms with Gasteiger partial charge in [-0.2, -0.15) is 0 Å². The molecule has 1 unspecified atom stereocenters. The second kappa shape index (κ2) is 6.47. The topological polar surface area (TPSA) is 55.6 Å². The Morgan fingerprint density at radius 2 is 2.21 bits per heavy atom. The van der Waals surface area contributed by atoms with Crippen molar-refractivity contribution >= 4 is 23.1 Å². The van der Waals surface area contributed by atoms with E-state index >= 15 is 0 Å². The van der Waals surface area contributed by atoms with Crippen molar-refractivity contribution in [2.75, 3.05) is 20.7 Å². The predicted octanol–water partition coefficient (Wildman–Crippen LogP) is 1.83.